The molecule has 0 aromatic rings. The number of unbranched alkanes of at least 4 members (excludes halogenated alkanes) is 26. The van der Waals surface area contributed by atoms with Gasteiger partial charge in [-0.05, 0) is 83.5 Å². The molecule has 1 atom stereocenters. The van der Waals surface area contributed by atoms with E-state index in [2.05, 4.69) is 69.4 Å². The van der Waals surface area contributed by atoms with Crippen LogP contribution < -0.4 is 0 Å². The monoisotopic (exact) mass is 827 g/mol. The van der Waals surface area contributed by atoms with Gasteiger partial charge >= 0.3 is 17.9 Å². The molecular weight excluding hydrogens is 733 g/mol. The van der Waals surface area contributed by atoms with Crippen molar-refractivity contribution in [1.29, 1.82) is 0 Å². The second-order valence-corrected chi connectivity index (χ2v) is 16.7. The highest BCUT2D eigenvalue weighted by atomic mass is 16.6. The molecule has 6 nitrogen and oxygen atoms in total. The summed E-state index contributed by atoms with van der Waals surface area (Å²) >= 11 is 0. The second kappa shape index (κ2) is 48.0. The zero-order valence-electron chi connectivity index (χ0n) is 39.0. The number of carbonyl (C=O) groups is 3. The van der Waals surface area contributed by atoms with Gasteiger partial charge in [0, 0.05) is 19.3 Å². The Morgan fingerprint density at radius 1 is 0.339 bits per heavy atom. The normalized spacial score (nSPS) is 12.4. The molecule has 0 aliphatic carbocycles. The zero-order valence-corrected chi connectivity index (χ0v) is 39.0. The first-order valence-corrected chi connectivity index (χ1v) is 25.1. The molecule has 0 aliphatic heterocycles. The summed E-state index contributed by atoms with van der Waals surface area (Å²) in [5.41, 5.74) is 0. The predicted molar refractivity (Wildman–Crippen MR) is 252 cm³/mol. The molecule has 0 radical (unpaired) electrons. The molecule has 0 heterocycles. The summed E-state index contributed by atoms with van der Waals surface area (Å²) in [5.74, 6) is -0.906. The van der Waals surface area contributed by atoms with Gasteiger partial charge in [0.15, 0.2) is 6.10 Å². The van der Waals surface area contributed by atoms with Crippen LogP contribution in [0.3, 0.4) is 0 Å². The van der Waals surface area contributed by atoms with Crippen molar-refractivity contribution in [3.8, 4) is 0 Å². The van der Waals surface area contributed by atoms with Crippen molar-refractivity contribution in [1.82, 2.24) is 0 Å². The van der Waals surface area contributed by atoms with Gasteiger partial charge in [0.1, 0.15) is 13.2 Å². The number of hydrogen-bond donors (Lipinski definition) is 0. The highest BCUT2D eigenvalue weighted by molar-refractivity contribution is 5.71. The lowest BCUT2D eigenvalue weighted by atomic mass is 10.1. The van der Waals surface area contributed by atoms with Gasteiger partial charge in [0.05, 0.1) is 0 Å². The lowest BCUT2D eigenvalue weighted by Gasteiger charge is -2.18. The van der Waals surface area contributed by atoms with Crippen LogP contribution in [0, 0.1) is 0 Å². The van der Waals surface area contributed by atoms with E-state index in [1.165, 1.54) is 128 Å². The Balaban J connectivity index is 4.20. The minimum atomic E-state index is -0.775. The van der Waals surface area contributed by atoms with Crippen molar-refractivity contribution in [2.75, 3.05) is 13.2 Å². The molecule has 59 heavy (non-hydrogen) atoms. The average Bonchev–Trinajstić information content (AvgIpc) is 3.23. The molecule has 1 unspecified atom stereocenters. The quantitative estimate of drug-likeness (QED) is 0.0263. The van der Waals surface area contributed by atoms with E-state index >= 15 is 0 Å². The number of hydrogen-bond acceptors (Lipinski definition) is 6. The summed E-state index contributed by atoms with van der Waals surface area (Å²) in [5, 5.41) is 0. The van der Waals surface area contributed by atoms with Crippen molar-refractivity contribution in [3.05, 3.63) is 48.6 Å². The van der Waals surface area contributed by atoms with Crippen molar-refractivity contribution >= 4 is 17.9 Å². The molecule has 0 spiro atoms. The molecule has 0 rings (SSSR count). The summed E-state index contributed by atoms with van der Waals surface area (Å²) in [6.45, 7) is 6.51. The van der Waals surface area contributed by atoms with Crippen LogP contribution in [0.25, 0.3) is 0 Å². The molecule has 0 saturated carbocycles. The third-order valence-corrected chi connectivity index (χ3v) is 10.8. The van der Waals surface area contributed by atoms with Gasteiger partial charge in [-0.25, -0.2) is 0 Å². The first-order valence-electron chi connectivity index (χ1n) is 25.1. The Bertz CT molecular complexity index is 1040. The number of esters is 3. The second-order valence-electron chi connectivity index (χ2n) is 16.7. The maximum absolute atomic E-state index is 12.7. The molecule has 6 heteroatoms. The summed E-state index contributed by atoms with van der Waals surface area (Å²) < 4.78 is 16.6. The van der Waals surface area contributed by atoms with Crippen LogP contribution in [0.5, 0.6) is 0 Å². The highest BCUT2D eigenvalue weighted by Crippen LogP contribution is 2.14. The van der Waals surface area contributed by atoms with Gasteiger partial charge in [-0.3, -0.25) is 14.4 Å². The molecule has 0 amide bonds. The minimum Gasteiger partial charge on any atom is -0.462 e. The third kappa shape index (κ3) is 46.3. The number of carbonyl (C=O) groups excluding carboxylic acids is 3. The molecule has 0 aromatic heterocycles. The molecule has 0 aromatic carbocycles. The van der Waals surface area contributed by atoms with Gasteiger partial charge in [0.25, 0.3) is 0 Å². The Labute approximate surface area is 365 Å². The summed E-state index contributed by atoms with van der Waals surface area (Å²) in [6.07, 6.45) is 57.0. The van der Waals surface area contributed by atoms with Crippen LogP contribution in [0.2, 0.25) is 0 Å². The first kappa shape index (κ1) is 56.4. The van der Waals surface area contributed by atoms with Crippen LogP contribution in [0.15, 0.2) is 48.6 Å². The van der Waals surface area contributed by atoms with Gasteiger partial charge in [0.2, 0.25) is 0 Å². The lowest BCUT2D eigenvalue weighted by Crippen LogP contribution is -2.30. The molecule has 0 fully saturated rings. The fraction of sp³-hybridized carbons (Fsp3) is 0.792. The largest absolute Gasteiger partial charge is 0.462 e. The zero-order chi connectivity index (χ0) is 43.0. The molecule has 0 bridgehead atoms. The van der Waals surface area contributed by atoms with Crippen LogP contribution in [0.4, 0.5) is 0 Å². The van der Waals surface area contributed by atoms with E-state index in [4.69, 9.17) is 14.2 Å². The van der Waals surface area contributed by atoms with Crippen molar-refractivity contribution in [2.24, 2.45) is 0 Å². The molecule has 0 N–H and O–H groups in total. The third-order valence-electron chi connectivity index (χ3n) is 10.8. The van der Waals surface area contributed by atoms with Crippen LogP contribution in [-0.2, 0) is 28.6 Å². The average molecular weight is 827 g/mol. The van der Waals surface area contributed by atoms with Crippen molar-refractivity contribution < 1.29 is 28.6 Å². The number of rotatable bonds is 45. The Morgan fingerprint density at radius 3 is 1.00 bits per heavy atom. The minimum absolute atomic E-state index is 0.0796. The number of allylic oxidation sites excluding steroid dienone is 8. The van der Waals surface area contributed by atoms with Crippen molar-refractivity contribution in [3.63, 3.8) is 0 Å². The maximum atomic E-state index is 12.7. The molecule has 0 saturated heterocycles. The smallest absolute Gasteiger partial charge is 0.306 e. The van der Waals surface area contributed by atoms with Gasteiger partial charge in [-0.1, -0.05) is 198 Å². The van der Waals surface area contributed by atoms with E-state index in [1.54, 1.807) is 0 Å². The first-order chi connectivity index (χ1) is 29.0. The summed E-state index contributed by atoms with van der Waals surface area (Å²) in [4.78, 5) is 37.6. The standard InChI is InChI=1S/C53H94O6/c1-4-7-10-13-15-17-19-21-23-25-26-28-29-31-33-35-37-40-43-46-52(55)58-49-50(48-57-51(54)45-42-39-12-9-6-3)59-53(56)47-44-41-38-36-34-32-30-27-24-22-20-18-16-14-11-8-5-2/h15,17,21-24,26,28,50H,4-14,16,18-20,25,27,29-49H2,1-3H3/b17-15-,23-21-,24-22-,28-26-. The lowest BCUT2D eigenvalue weighted by molar-refractivity contribution is -0.167. The molecule has 0 aliphatic rings. The van der Waals surface area contributed by atoms with Crippen LogP contribution >= 0.6 is 0 Å². The topological polar surface area (TPSA) is 78.9 Å². The Hall–Kier alpha value is -2.63. The summed E-state index contributed by atoms with van der Waals surface area (Å²) in [6, 6.07) is 0. The van der Waals surface area contributed by atoms with Gasteiger partial charge in [-0.15, -0.1) is 0 Å². The van der Waals surface area contributed by atoms with E-state index in [9.17, 15) is 14.4 Å². The van der Waals surface area contributed by atoms with Crippen LogP contribution in [0.1, 0.15) is 252 Å². The SMILES string of the molecule is CCCCC/C=C\C/C=C\C/C=C\CCCCCCCCC(=O)OCC(COC(=O)CCCCCCC)OC(=O)CCCCCCCCC/C=C\CCCCCCCC. The maximum Gasteiger partial charge on any atom is 0.306 e. The Morgan fingerprint density at radius 2 is 0.610 bits per heavy atom. The van der Waals surface area contributed by atoms with E-state index in [0.717, 1.165) is 83.5 Å². The van der Waals surface area contributed by atoms with E-state index in [0.29, 0.717) is 19.3 Å². The van der Waals surface area contributed by atoms with E-state index in [1.807, 2.05) is 0 Å². The van der Waals surface area contributed by atoms with Crippen molar-refractivity contribution in [2.45, 2.75) is 258 Å². The fourth-order valence-electron chi connectivity index (χ4n) is 6.97. The fourth-order valence-corrected chi connectivity index (χ4v) is 6.97. The number of ether oxygens (including phenoxy) is 3. The van der Waals surface area contributed by atoms with Gasteiger partial charge < -0.3 is 14.2 Å². The molecular formula is C53H94O6. The predicted octanol–water partition coefficient (Wildman–Crippen LogP) is 16.3. The van der Waals surface area contributed by atoms with Gasteiger partial charge in [-0.2, -0.15) is 0 Å². The Kier molecular flexibility index (Phi) is 45.9. The summed E-state index contributed by atoms with van der Waals surface area (Å²) in [7, 11) is 0. The highest BCUT2D eigenvalue weighted by Gasteiger charge is 2.19. The van der Waals surface area contributed by atoms with Crippen LogP contribution in [-0.4, -0.2) is 37.2 Å². The van der Waals surface area contributed by atoms with E-state index in [-0.39, 0.29) is 31.1 Å². The molecule has 342 valence electrons. The van der Waals surface area contributed by atoms with E-state index < -0.39 is 6.10 Å².